The van der Waals surface area contributed by atoms with E-state index in [0.29, 0.717) is 6.54 Å². The average Bonchev–Trinajstić information content (AvgIpc) is 2.29. The summed E-state index contributed by atoms with van der Waals surface area (Å²) in [5, 5.41) is 12.4. The quantitative estimate of drug-likeness (QED) is 0.776. The molecule has 0 fully saturated rings. The second kappa shape index (κ2) is 7.46. The number of hydrogen-bond donors (Lipinski definition) is 2. The molecule has 1 aromatic rings. The van der Waals surface area contributed by atoms with Crippen LogP contribution in [0.5, 0.6) is 0 Å². The normalized spacial score (nSPS) is 13.2. The summed E-state index contributed by atoms with van der Waals surface area (Å²) in [6, 6.07) is 10.2. The third-order valence-corrected chi connectivity index (χ3v) is 2.34. The first-order valence-corrected chi connectivity index (χ1v) is 5.44. The Balaban J connectivity index is 2.40. The van der Waals surface area contributed by atoms with E-state index in [9.17, 15) is 0 Å². The van der Waals surface area contributed by atoms with E-state index in [1.54, 1.807) is 0 Å². The Bertz CT molecular complexity index is 287. The van der Waals surface area contributed by atoms with Crippen molar-refractivity contribution in [1.82, 2.24) is 5.32 Å². The Kier molecular flexibility index (Phi) is 6.09. The monoisotopic (exact) mass is 225 g/mol. The summed E-state index contributed by atoms with van der Waals surface area (Å²) in [4.78, 5) is 0. The minimum absolute atomic E-state index is 0.0836. The van der Waals surface area contributed by atoms with Crippen molar-refractivity contribution in [1.29, 1.82) is 0 Å². The van der Waals surface area contributed by atoms with Gasteiger partial charge in [0.25, 0.3) is 0 Å². The Labute approximate surface area is 95.6 Å². The summed E-state index contributed by atoms with van der Waals surface area (Å²) in [6.07, 6.45) is 2.64. The second-order valence-corrected chi connectivity index (χ2v) is 3.59. The van der Waals surface area contributed by atoms with Gasteiger partial charge in [-0.25, -0.2) is 0 Å². The standard InChI is InChI=1S/C12H16ClNO/c13-7-4-8-14-12(10-15)9-11-5-2-1-3-6-11/h1-7,12,14-15H,8-10H2/b7-4+. The number of nitrogens with one attached hydrogen (secondary N) is 1. The van der Waals surface area contributed by atoms with Crippen molar-refractivity contribution < 1.29 is 5.11 Å². The van der Waals surface area contributed by atoms with E-state index in [4.69, 9.17) is 16.7 Å². The first-order chi connectivity index (χ1) is 7.36. The van der Waals surface area contributed by atoms with Crippen molar-refractivity contribution in [2.75, 3.05) is 13.2 Å². The van der Waals surface area contributed by atoms with Crippen molar-refractivity contribution in [2.45, 2.75) is 12.5 Å². The van der Waals surface area contributed by atoms with Crippen molar-refractivity contribution in [3.8, 4) is 0 Å². The van der Waals surface area contributed by atoms with Gasteiger partial charge in [-0.1, -0.05) is 48.0 Å². The maximum atomic E-state index is 9.17. The molecule has 0 heterocycles. The van der Waals surface area contributed by atoms with E-state index in [1.807, 2.05) is 24.3 Å². The Hall–Kier alpha value is -0.830. The molecule has 1 aromatic carbocycles. The zero-order valence-corrected chi connectivity index (χ0v) is 9.32. The third kappa shape index (κ3) is 4.98. The summed E-state index contributed by atoms with van der Waals surface area (Å²) in [5.74, 6) is 0. The number of halogens is 1. The van der Waals surface area contributed by atoms with E-state index in [2.05, 4.69) is 17.4 Å². The lowest BCUT2D eigenvalue weighted by Gasteiger charge is -2.14. The van der Waals surface area contributed by atoms with E-state index in [0.717, 1.165) is 6.42 Å². The molecule has 0 aromatic heterocycles. The van der Waals surface area contributed by atoms with Gasteiger partial charge >= 0.3 is 0 Å². The number of aliphatic hydroxyl groups is 1. The molecule has 1 unspecified atom stereocenters. The zero-order chi connectivity index (χ0) is 10.9. The Morgan fingerprint density at radius 3 is 2.67 bits per heavy atom. The molecule has 82 valence electrons. The zero-order valence-electron chi connectivity index (χ0n) is 8.57. The van der Waals surface area contributed by atoms with Crippen LogP contribution in [-0.4, -0.2) is 24.3 Å². The predicted molar refractivity (Wildman–Crippen MR) is 64.0 cm³/mol. The van der Waals surface area contributed by atoms with Crippen LogP contribution in [0.15, 0.2) is 41.9 Å². The van der Waals surface area contributed by atoms with Gasteiger partial charge in [-0.05, 0) is 12.0 Å². The number of hydrogen-bond acceptors (Lipinski definition) is 2. The summed E-state index contributed by atoms with van der Waals surface area (Å²) in [5.41, 5.74) is 2.70. The maximum absolute atomic E-state index is 9.17. The topological polar surface area (TPSA) is 32.3 Å². The average molecular weight is 226 g/mol. The molecule has 0 amide bonds. The van der Waals surface area contributed by atoms with Gasteiger partial charge in [0.1, 0.15) is 0 Å². The van der Waals surface area contributed by atoms with Crippen molar-refractivity contribution >= 4 is 11.6 Å². The molecule has 1 atom stereocenters. The van der Waals surface area contributed by atoms with Gasteiger partial charge in [-0.15, -0.1) is 0 Å². The minimum atomic E-state index is 0.0836. The molecule has 1 rings (SSSR count). The van der Waals surface area contributed by atoms with Gasteiger partial charge in [0.05, 0.1) is 6.61 Å². The lowest BCUT2D eigenvalue weighted by Crippen LogP contribution is -2.34. The van der Waals surface area contributed by atoms with Gasteiger partial charge in [-0.3, -0.25) is 0 Å². The minimum Gasteiger partial charge on any atom is -0.395 e. The first kappa shape index (κ1) is 12.2. The molecule has 0 aliphatic carbocycles. The van der Waals surface area contributed by atoms with Gasteiger partial charge in [0, 0.05) is 18.1 Å². The van der Waals surface area contributed by atoms with Crippen LogP contribution >= 0.6 is 11.6 Å². The number of benzene rings is 1. The molecule has 0 aliphatic rings. The molecule has 0 radical (unpaired) electrons. The molecule has 15 heavy (non-hydrogen) atoms. The molecular weight excluding hydrogens is 210 g/mol. The fraction of sp³-hybridized carbons (Fsp3) is 0.333. The smallest absolute Gasteiger partial charge is 0.0587 e. The highest BCUT2D eigenvalue weighted by molar-refractivity contribution is 6.25. The summed E-state index contributed by atoms with van der Waals surface area (Å²) in [6.45, 7) is 0.812. The highest BCUT2D eigenvalue weighted by Gasteiger charge is 2.05. The molecule has 2 N–H and O–H groups in total. The Morgan fingerprint density at radius 2 is 2.07 bits per heavy atom. The summed E-state index contributed by atoms with van der Waals surface area (Å²) in [7, 11) is 0. The van der Waals surface area contributed by atoms with E-state index >= 15 is 0 Å². The van der Waals surface area contributed by atoms with E-state index in [1.165, 1.54) is 11.1 Å². The summed E-state index contributed by atoms with van der Waals surface area (Å²) >= 11 is 5.41. The van der Waals surface area contributed by atoms with Crippen molar-refractivity contribution in [2.24, 2.45) is 0 Å². The number of rotatable bonds is 6. The molecular formula is C12H16ClNO. The lowest BCUT2D eigenvalue weighted by atomic mass is 10.1. The van der Waals surface area contributed by atoms with Gasteiger partial charge < -0.3 is 10.4 Å². The van der Waals surface area contributed by atoms with Crippen molar-refractivity contribution in [3.05, 3.63) is 47.5 Å². The third-order valence-electron chi connectivity index (χ3n) is 2.16. The SMILES string of the molecule is OCC(Cc1ccccc1)NC/C=C/Cl. The van der Waals surface area contributed by atoms with Crippen LogP contribution < -0.4 is 5.32 Å². The molecule has 0 spiro atoms. The predicted octanol–water partition coefficient (Wildman–Crippen LogP) is 1.93. The summed E-state index contributed by atoms with van der Waals surface area (Å²) < 4.78 is 0. The number of aliphatic hydroxyl groups excluding tert-OH is 1. The highest BCUT2D eigenvalue weighted by atomic mass is 35.5. The van der Waals surface area contributed by atoms with E-state index < -0.39 is 0 Å². The fourth-order valence-electron chi connectivity index (χ4n) is 1.38. The van der Waals surface area contributed by atoms with Gasteiger partial charge in [0.2, 0.25) is 0 Å². The Morgan fingerprint density at radius 1 is 1.33 bits per heavy atom. The van der Waals surface area contributed by atoms with Gasteiger partial charge in [0.15, 0.2) is 0 Å². The van der Waals surface area contributed by atoms with Gasteiger partial charge in [-0.2, -0.15) is 0 Å². The fourth-order valence-corrected chi connectivity index (χ4v) is 1.47. The lowest BCUT2D eigenvalue weighted by molar-refractivity contribution is 0.245. The second-order valence-electron chi connectivity index (χ2n) is 3.34. The van der Waals surface area contributed by atoms with Crippen LogP contribution in [0.3, 0.4) is 0 Å². The van der Waals surface area contributed by atoms with E-state index in [-0.39, 0.29) is 12.6 Å². The first-order valence-electron chi connectivity index (χ1n) is 5.00. The maximum Gasteiger partial charge on any atom is 0.0587 e. The molecule has 0 aliphatic heterocycles. The molecule has 0 saturated carbocycles. The molecule has 0 bridgehead atoms. The highest BCUT2D eigenvalue weighted by Crippen LogP contribution is 2.02. The largest absolute Gasteiger partial charge is 0.395 e. The molecule has 2 nitrogen and oxygen atoms in total. The van der Waals surface area contributed by atoms with Crippen LogP contribution in [0.4, 0.5) is 0 Å². The molecule has 3 heteroatoms. The van der Waals surface area contributed by atoms with Crippen LogP contribution in [0, 0.1) is 0 Å². The van der Waals surface area contributed by atoms with Crippen LogP contribution in [0.2, 0.25) is 0 Å². The van der Waals surface area contributed by atoms with Crippen LogP contribution in [-0.2, 0) is 6.42 Å². The molecule has 0 saturated heterocycles. The van der Waals surface area contributed by atoms with Crippen LogP contribution in [0.1, 0.15) is 5.56 Å². The van der Waals surface area contributed by atoms with Crippen molar-refractivity contribution in [3.63, 3.8) is 0 Å². The van der Waals surface area contributed by atoms with Crippen LogP contribution in [0.25, 0.3) is 0 Å².